The maximum absolute atomic E-state index is 12.3. The third kappa shape index (κ3) is 2.73. The van der Waals surface area contributed by atoms with Gasteiger partial charge in [-0.15, -0.1) is 0 Å². The molecule has 1 rings (SSSR count). The summed E-state index contributed by atoms with van der Waals surface area (Å²) in [7, 11) is 0. The normalized spacial score (nSPS) is 24.8. The molecule has 0 heterocycles. The van der Waals surface area contributed by atoms with E-state index in [1.807, 2.05) is 0 Å². The maximum atomic E-state index is 12.3. The van der Waals surface area contributed by atoms with Gasteiger partial charge in [-0.1, -0.05) is 0 Å². The van der Waals surface area contributed by atoms with Crippen molar-refractivity contribution in [3.63, 3.8) is 0 Å². The SMILES string of the molecule is CC(C)(O)CC1CC(F)(F)C1. The van der Waals surface area contributed by atoms with Crippen molar-refractivity contribution in [3.8, 4) is 0 Å². The van der Waals surface area contributed by atoms with Crippen molar-refractivity contribution in [2.24, 2.45) is 5.92 Å². The highest BCUT2D eigenvalue weighted by Gasteiger charge is 2.46. The number of hydrogen-bond acceptors (Lipinski definition) is 1. The number of hydrogen-bond donors (Lipinski definition) is 1. The maximum Gasteiger partial charge on any atom is 0.248 e. The highest BCUT2D eigenvalue weighted by Crippen LogP contribution is 2.45. The zero-order valence-electron chi connectivity index (χ0n) is 6.90. The average molecular weight is 164 g/mol. The summed E-state index contributed by atoms with van der Waals surface area (Å²) in [5, 5.41) is 9.28. The van der Waals surface area contributed by atoms with Crippen molar-refractivity contribution in [1.29, 1.82) is 0 Å². The number of aliphatic hydroxyl groups is 1. The van der Waals surface area contributed by atoms with Crippen LogP contribution in [-0.4, -0.2) is 16.6 Å². The fraction of sp³-hybridized carbons (Fsp3) is 1.00. The van der Waals surface area contributed by atoms with Crippen LogP contribution in [0.4, 0.5) is 8.78 Å². The standard InChI is InChI=1S/C8H14F2O/c1-7(2,11)3-6-4-8(9,10)5-6/h6,11H,3-5H2,1-2H3. The van der Waals surface area contributed by atoms with Gasteiger partial charge >= 0.3 is 0 Å². The molecule has 0 aromatic rings. The highest BCUT2D eigenvalue weighted by molar-refractivity contribution is 4.89. The third-order valence-corrected chi connectivity index (χ3v) is 1.96. The largest absolute Gasteiger partial charge is 0.390 e. The van der Waals surface area contributed by atoms with Crippen LogP contribution in [0.15, 0.2) is 0 Å². The molecule has 0 spiro atoms. The molecule has 1 saturated carbocycles. The van der Waals surface area contributed by atoms with Crippen LogP contribution >= 0.6 is 0 Å². The Morgan fingerprint density at radius 3 is 2.18 bits per heavy atom. The smallest absolute Gasteiger partial charge is 0.248 e. The quantitative estimate of drug-likeness (QED) is 0.663. The minimum Gasteiger partial charge on any atom is -0.390 e. The lowest BCUT2D eigenvalue weighted by atomic mass is 9.75. The molecule has 0 radical (unpaired) electrons. The number of alkyl halides is 2. The fourth-order valence-corrected chi connectivity index (χ4v) is 1.64. The summed E-state index contributed by atoms with van der Waals surface area (Å²) >= 11 is 0. The Kier molecular flexibility index (Phi) is 1.95. The lowest BCUT2D eigenvalue weighted by Gasteiger charge is -2.37. The molecule has 0 saturated heterocycles. The van der Waals surface area contributed by atoms with E-state index in [2.05, 4.69) is 0 Å². The molecule has 1 fully saturated rings. The first-order valence-electron chi connectivity index (χ1n) is 3.89. The molecule has 0 aliphatic heterocycles. The molecule has 0 unspecified atom stereocenters. The second-order valence-electron chi connectivity index (χ2n) is 4.15. The van der Waals surface area contributed by atoms with E-state index in [0.29, 0.717) is 6.42 Å². The summed E-state index contributed by atoms with van der Waals surface area (Å²) in [4.78, 5) is 0. The van der Waals surface area contributed by atoms with Gasteiger partial charge < -0.3 is 5.11 Å². The number of halogens is 2. The van der Waals surface area contributed by atoms with Crippen LogP contribution < -0.4 is 0 Å². The van der Waals surface area contributed by atoms with Gasteiger partial charge in [-0.25, -0.2) is 8.78 Å². The fourth-order valence-electron chi connectivity index (χ4n) is 1.64. The Bertz CT molecular complexity index is 141. The Labute approximate surface area is 65.4 Å². The van der Waals surface area contributed by atoms with Crippen molar-refractivity contribution in [1.82, 2.24) is 0 Å². The number of rotatable bonds is 2. The van der Waals surface area contributed by atoms with E-state index in [9.17, 15) is 13.9 Å². The molecule has 0 aromatic heterocycles. The summed E-state index contributed by atoms with van der Waals surface area (Å²) in [6.07, 6.45) is 0.399. The van der Waals surface area contributed by atoms with E-state index in [1.165, 1.54) is 0 Å². The van der Waals surface area contributed by atoms with Gasteiger partial charge in [-0.05, 0) is 26.2 Å². The van der Waals surface area contributed by atoms with Gasteiger partial charge in [0.15, 0.2) is 0 Å². The zero-order valence-corrected chi connectivity index (χ0v) is 6.90. The Morgan fingerprint density at radius 1 is 1.45 bits per heavy atom. The lowest BCUT2D eigenvalue weighted by Crippen LogP contribution is -2.39. The van der Waals surface area contributed by atoms with Crippen LogP contribution in [-0.2, 0) is 0 Å². The minimum absolute atomic E-state index is 0.0185. The van der Waals surface area contributed by atoms with E-state index in [0.717, 1.165) is 0 Å². The van der Waals surface area contributed by atoms with Gasteiger partial charge in [0.25, 0.3) is 0 Å². The molecule has 0 amide bonds. The molecule has 3 heteroatoms. The molecular formula is C8H14F2O. The summed E-state index contributed by atoms with van der Waals surface area (Å²) in [6, 6.07) is 0. The van der Waals surface area contributed by atoms with Crippen LogP contribution in [0.5, 0.6) is 0 Å². The molecule has 11 heavy (non-hydrogen) atoms. The average Bonchev–Trinajstić information content (AvgIpc) is 1.53. The molecule has 1 aliphatic carbocycles. The van der Waals surface area contributed by atoms with Gasteiger partial charge in [0.2, 0.25) is 5.92 Å². The van der Waals surface area contributed by atoms with Crippen LogP contribution in [0.2, 0.25) is 0 Å². The van der Waals surface area contributed by atoms with Gasteiger partial charge in [0.1, 0.15) is 0 Å². The van der Waals surface area contributed by atoms with Gasteiger partial charge in [-0.2, -0.15) is 0 Å². The van der Waals surface area contributed by atoms with Crippen LogP contribution in [0.25, 0.3) is 0 Å². The van der Waals surface area contributed by atoms with Gasteiger partial charge in [0, 0.05) is 12.8 Å². The predicted molar refractivity (Wildman–Crippen MR) is 38.6 cm³/mol. The minimum atomic E-state index is -2.45. The summed E-state index contributed by atoms with van der Waals surface area (Å²) in [5.41, 5.74) is -0.791. The second kappa shape index (κ2) is 2.41. The lowest BCUT2D eigenvalue weighted by molar-refractivity contribution is -0.126. The molecule has 1 N–H and O–H groups in total. The Hall–Kier alpha value is -0.180. The Morgan fingerprint density at radius 2 is 1.91 bits per heavy atom. The summed E-state index contributed by atoms with van der Waals surface area (Å²) in [6.45, 7) is 3.31. The topological polar surface area (TPSA) is 20.2 Å². The molecule has 0 bridgehead atoms. The first kappa shape index (κ1) is 8.91. The van der Waals surface area contributed by atoms with Crippen LogP contribution in [0.3, 0.4) is 0 Å². The van der Waals surface area contributed by atoms with E-state index in [1.54, 1.807) is 13.8 Å². The van der Waals surface area contributed by atoms with Crippen molar-refractivity contribution in [2.75, 3.05) is 0 Å². The molecule has 1 nitrogen and oxygen atoms in total. The van der Waals surface area contributed by atoms with Crippen molar-refractivity contribution in [3.05, 3.63) is 0 Å². The third-order valence-electron chi connectivity index (χ3n) is 1.96. The predicted octanol–water partition coefficient (Wildman–Crippen LogP) is 2.19. The monoisotopic (exact) mass is 164 g/mol. The van der Waals surface area contributed by atoms with E-state index >= 15 is 0 Å². The molecule has 66 valence electrons. The van der Waals surface area contributed by atoms with E-state index < -0.39 is 11.5 Å². The van der Waals surface area contributed by atoms with E-state index in [4.69, 9.17) is 0 Å². The van der Waals surface area contributed by atoms with Crippen molar-refractivity contribution >= 4 is 0 Å². The zero-order chi connectivity index (χ0) is 8.70. The summed E-state index contributed by atoms with van der Waals surface area (Å²) in [5.74, 6) is -2.43. The van der Waals surface area contributed by atoms with E-state index in [-0.39, 0.29) is 18.8 Å². The highest BCUT2D eigenvalue weighted by atomic mass is 19.3. The second-order valence-corrected chi connectivity index (χ2v) is 4.15. The van der Waals surface area contributed by atoms with Crippen LogP contribution in [0, 0.1) is 5.92 Å². The molecule has 1 aliphatic rings. The van der Waals surface area contributed by atoms with Gasteiger partial charge in [0.05, 0.1) is 5.60 Å². The molecule has 0 aromatic carbocycles. The van der Waals surface area contributed by atoms with Crippen molar-refractivity contribution < 1.29 is 13.9 Å². The first-order valence-corrected chi connectivity index (χ1v) is 3.89. The molecular weight excluding hydrogens is 150 g/mol. The van der Waals surface area contributed by atoms with Gasteiger partial charge in [-0.3, -0.25) is 0 Å². The van der Waals surface area contributed by atoms with Crippen LogP contribution in [0.1, 0.15) is 33.1 Å². The first-order chi connectivity index (χ1) is 4.79. The summed E-state index contributed by atoms with van der Waals surface area (Å²) < 4.78 is 24.6. The Balaban J connectivity index is 2.24. The molecule has 0 atom stereocenters. The van der Waals surface area contributed by atoms with Crippen molar-refractivity contribution in [2.45, 2.75) is 44.6 Å².